The molecule has 0 bridgehead atoms. The van der Waals surface area contributed by atoms with E-state index in [0.717, 1.165) is 12.1 Å². The van der Waals surface area contributed by atoms with Crippen molar-refractivity contribution >= 4 is 49.1 Å². The number of carbonyl (C=O) groups excluding carboxylic acids is 2. The van der Waals surface area contributed by atoms with Gasteiger partial charge in [-0.25, -0.2) is 9.18 Å². The van der Waals surface area contributed by atoms with Gasteiger partial charge in [-0.2, -0.15) is 4.79 Å². The highest BCUT2D eigenvalue weighted by atomic mass is 79.9. The number of halogens is 3. The highest BCUT2D eigenvalue weighted by Crippen LogP contribution is 2.32. The van der Waals surface area contributed by atoms with Crippen LogP contribution in [0.3, 0.4) is 0 Å². The highest BCUT2D eigenvalue weighted by Gasteiger charge is 2.37. The van der Waals surface area contributed by atoms with E-state index in [-0.39, 0.29) is 27.7 Å². The van der Waals surface area contributed by atoms with Gasteiger partial charge < -0.3 is 13.9 Å². The van der Waals surface area contributed by atoms with Crippen LogP contribution >= 0.6 is 27.5 Å². The second-order valence-corrected chi connectivity index (χ2v) is 11.0. The van der Waals surface area contributed by atoms with Crippen molar-refractivity contribution in [2.75, 3.05) is 13.2 Å². The molecule has 2 heterocycles. The number of hydrogen-bond acceptors (Lipinski definition) is 7. The van der Waals surface area contributed by atoms with Gasteiger partial charge in [0.2, 0.25) is 12.5 Å². The first-order valence-electron chi connectivity index (χ1n) is 10.3. The minimum atomic E-state index is -0.701. The fourth-order valence-electron chi connectivity index (χ4n) is 3.05. The molecule has 2 amide bonds. The van der Waals surface area contributed by atoms with Crippen molar-refractivity contribution in [3.8, 4) is 11.8 Å². The van der Waals surface area contributed by atoms with E-state index in [1.54, 1.807) is 20.8 Å². The molecule has 0 N–H and O–H groups in total. The lowest BCUT2D eigenvalue weighted by molar-refractivity contribution is -0.116. The van der Waals surface area contributed by atoms with Crippen LogP contribution in [0.15, 0.2) is 27.4 Å². The molecule has 2 atom stereocenters. The average molecular weight is 573 g/mol. The predicted molar refractivity (Wildman–Crippen MR) is 126 cm³/mol. The van der Waals surface area contributed by atoms with Gasteiger partial charge in [-0.3, -0.25) is 4.90 Å². The molecule has 3 rings (SSSR count). The zero-order chi connectivity index (χ0) is 24.9. The molecule has 0 aliphatic carbocycles. The van der Waals surface area contributed by atoms with Gasteiger partial charge >= 0.3 is 12.0 Å². The first-order chi connectivity index (χ1) is 16.0. The third-order valence-electron chi connectivity index (χ3n) is 4.49. The van der Waals surface area contributed by atoms with Gasteiger partial charge in [0.1, 0.15) is 23.2 Å². The van der Waals surface area contributed by atoms with E-state index in [1.165, 1.54) is 17.0 Å². The Morgan fingerprint density at radius 1 is 1.41 bits per heavy atom. The van der Waals surface area contributed by atoms with Crippen LogP contribution in [0.2, 0.25) is 16.6 Å². The molecule has 1 fully saturated rings. The molecule has 1 unspecified atom stereocenters. The normalized spacial score (nSPS) is 18.5. The van der Waals surface area contributed by atoms with E-state index >= 15 is 0 Å². The summed E-state index contributed by atoms with van der Waals surface area (Å²) in [5.41, 5.74) is -1.01. The number of ether oxygens (including phenoxy) is 2. The van der Waals surface area contributed by atoms with Gasteiger partial charge in [0.05, 0.1) is 20.1 Å². The SMILES string of the molecule is CC(C)(C)OC(=O)N1CC(C#[N+]C(=O)COc2ccc(Cl)c(F)c2)[Si]CC[C@@H]1c1nnc(Br)o1. The Hall–Kier alpha value is -2.49. The third kappa shape index (κ3) is 7.51. The molecule has 2 aromatic rings. The van der Waals surface area contributed by atoms with Crippen molar-refractivity contribution in [3.63, 3.8) is 0 Å². The highest BCUT2D eigenvalue weighted by molar-refractivity contribution is 9.10. The van der Waals surface area contributed by atoms with E-state index in [4.69, 9.17) is 25.5 Å². The summed E-state index contributed by atoms with van der Waals surface area (Å²) in [5.74, 6) is -0.789. The molecular formula is C21H22BrClFN4O5Si+. The Kier molecular flexibility index (Phi) is 8.67. The lowest BCUT2D eigenvalue weighted by atomic mass is 10.1. The van der Waals surface area contributed by atoms with Gasteiger partial charge in [0.25, 0.3) is 10.9 Å². The van der Waals surface area contributed by atoms with Crippen LogP contribution in [0.5, 0.6) is 5.75 Å². The van der Waals surface area contributed by atoms with Crippen molar-refractivity contribution < 1.29 is 27.9 Å². The van der Waals surface area contributed by atoms with Crippen LogP contribution in [0.25, 0.3) is 4.85 Å². The number of aromatic nitrogens is 2. The van der Waals surface area contributed by atoms with Crippen molar-refractivity contribution in [2.45, 2.75) is 50.4 Å². The fraction of sp³-hybridized carbons (Fsp3) is 0.476. The Labute approximate surface area is 211 Å². The monoisotopic (exact) mass is 571 g/mol. The summed E-state index contributed by atoms with van der Waals surface area (Å²) in [5, 5.41) is 7.80. The van der Waals surface area contributed by atoms with E-state index < -0.39 is 36.1 Å². The quantitative estimate of drug-likeness (QED) is 0.467. The number of rotatable bonds is 4. The van der Waals surface area contributed by atoms with Crippen LogP contribution in [-0.4, -0.2) is 55.4 Å². The number of hydrogen-bond donors (Lipinski definition) is 0. The summed E-state index contributed by atoms with van der Waals surface area (Å²) in [6.45, 7) is 5.15. The van der Waals surface area contributed by atoms with Gasteiger partial charge in [0, 0.05) is 33.4 Å². The minimum Gasteiger partial charge on any atom is -0.477 e. The summed E-state index contributed by atoms with van der Waals surface area (Å²) in [6.07, 6.45) is 0.0358. The predicted octanol–water partition coefficient (Wildman–Crippen LogP) is 5.16. The summed E-state index contributed by atoms with van der Waals surface area (Å²) >= 11 is 8.77. The Morgan fingerprint density at radius 3 is 2.82 bits per heavy atom. The van der Waals surface area contributed by atoms with Crippen molar-refractivity contribution in [1.29, 1.82) is 0 Å². The first-order valence-corrected chi connectivity index (χ1v) is 12.8. The molecular weight excluding hydrogens is 551 g/mol. The van der Waals surface area contributed by atoms with E-state index in [1.807, 2.05) is 0 Å². The molecule has 9 nitrogen and oxygen atoms in total. The molecule has 180 valence electrons. The first kappa shape index (κ1) is 26.1. The van der Waals surface area contributed by atoms with Crippen LogP contribution in [0, 0.1) is 11.9 Å². The Morgan fingerprint density at radius 2 is 2.18 bits per heavy atom. The van der Waals surface area contributed by atoms with Gasteiger partial charge in [-0.05, 0) is 39.3 Å². The molecule has 34 heavy (non-hydrogen) atoms. The standard InChI is InChI=1S/C21H22BrClFN4O5Si/c1-21(2,3)33-20(30)28-10-13(34-7-6-16(28)18-26-27-19(22)32-18)9-25-17(29)11-31-12-4-5-14(23)15(24)8-12/h4-5,8,13,16H,6-7,10-11H2,1-3H3/q+1/t13?,16-/m1/s1. The number of amides is 2. The smallest absolute Gasteiger partial charge is 0.477 e. The molecule has 1 aromatic heterocycles. The molecule has 0 spiro atoms. The van der Waals surface area contributed by atoms with E-state index in [0.29, 0.717) is 21.8 Å². The zero-order valence-electron chi connectivity index (χ0n) is 18.7. The maximum atomic E-state index is 13.5. The Balaban J connectivity index is 1.70. The summed E-state index contributed by atoms with van der Waals surface area (Å²) in [4.78, 5) is 30.7. The molecule has 1 saturated heterocycles. The van der Waals surface area contributed by atoms with Crippen LogP contribution in [-0.2, 0) is 9.53 Å². The van der Waals surface area contributed by atoms with Crippen molar-refractivity contribution in [1.82, 2.24) is 15.1 Å². The fourth-order valence-corrected chi connectivity index (χ4v) is 4.68. The maximum absolute atomic E-state index is 13.5. The second kappa shape index (κ2) is 11.3. The molecule has 1 aliphatic rings. The lowest BCUT2D eigenvalue weighted by Gasteiger charge is -2.30. The second-order valence-electron chi connectivity index (χ2n) is 8.34. The topological polar surface area (TPSA) is 99.1 Å². The number of nitrogens with zero attached hydrogens (tertiary/aromatic N) is 4. The average Bonchev–Trinajstić information content (AvgIpc) is 3.06. The molecule has 0 saturated carbocycles. The zero-order valence-corrected chi connectivity index (χ0v) is 22.0. The summed E-state index contributed by atoms with van der Waals surface area (Å²) in [7, 11) is 0.348. The summed E-state index contributed by atoms with van der Waals surface area (Å²) < 4.78 is 29.8. The minimum absolute atomic E-state index is 0.0416. The number of benzene rings is 1. The molecule has 2 radical (unpaired) electrons. The van der Waals surface area contributed by atoms with Crippen LogP contribution in [0.4, 0.5) is 9.18 Å². The van der Waals surface area contributed by atoms with Crippen molar-refractivity contribution in [3.05, 3.63) is 44.6 Å². The van der Waals surface area contributed by atoms with Gasteiger partial charge in [-0.1, -0.05) is 17.6 Å². The van der Waals surface area contributed by atoms with E-state index in [2.05, 4.69) is 37.0 Å². The summed E-state index contributed by atoms with van der Waals surface area (Å²) in [6, 6.07) is 6.95. The van der Waals surface area contributed by atoms with E-state index in [9.17, 15) is 14.0 Å². The van der Waals surface area contributed by atoms with Gasteiger partial charge in [-0.15, -0.1) is 10.2 Å². The third-order valence-corrected chi connectivity index (χ3v) is 6.50. The van der Waals surface area contributed by atoms with Gasteiger partial charge in [0.15, 0.2) is 0 Å². The lowest BCUT2D eigenvalue weighted by Crippen LogP contribution is -2.40. The molecule has 13 heteroatoms. The maximum Gasteiger partial charge on any atom is 0.552 e. The Bertz CT molecular complexity index is 1120. The molecule has 1 aromatic carbocycles. The van der Waals surface area contributed by atoms with Crippen molar-refractivity contribution in [2.24, 2.45) is 0 Å². The van der Waals surface area contributed by atoms with Crippen LogP contribution in [0.1, 0.15) is 39.1 Å². The largest absolute Gasteiger partial charge is 0.552 e. The number of carbonyl (C=O) groups is 2. The van der Waals surface area contributed by atoms with Crippen LogP contribution < -0.4 is 4.74 Å². The molecule has 1 aliphatic heterocycles.